The van der Waals surface area contributed by atoms with Crippen molar-refractivity contribution in [1.82, 2.24) is 10.6 Å². The van der Waals surface area contributed by atoms with E-state index in [4.69, 9.17) is 9.47 Å². The zero-order valence-electron chi connectivity index (χ0n) is 11.7. The molecule has 0 radical (unpaired) electrons. The summed E-state index contributed by atoms with van der Waals surface area (Å²) >= 11 is 0. The van der Waals surface area contributed by atoms with E-state index in [1.807, 2.05) is 37.3 Å². The van der Waals surface area contributed by atoms with Gasteiger partial charge in [-0.1, -0.05) is 30.3 Å². The first-order valence-electron chi connectivity index (χ1n) is 6.27. The van der Waals surface area contributed by atoms with E-state index in [2.05, 4.69) is 10.6 Å². The molecular formula is C14H22N2O3. The Morgan fingerprint density at radius 1 is 1.21 bits per heavy atom. The predicted molar refractivity (Wildman–Crippen MR) is 73.6 cm³/mol. The van der Waals surface area contributed by atoms with Gasteiger partial charge in [-0.25, -0.2) is 0 Å². The summed E-state index contributed by atoms with van der Waals surface area (Å²) in [6.45, 7) is 2.67. The third-order valence-electron chi connectivity index (χ3n) is 2.79. The number of carbonyl (C=O) groups excluding carboxylic acids is 1. The molecule has 0 saturated carbocycles. The van der Waals surface area contributed by atoms with E-state index in [9.17, 15) is 4.79 Å². The monoisotopic (exact) mass is 266 g/mol. The Kier molecular flexibility index (Phi) is 7.10. The first-order valence-corrected chi connectivity index (χ1v) is 6.27. The van der Waals surface area contributed by atoms with Crippen molar-refractivity contribution in [2.24, 2.45) is 0 Å². The number of methoxy groups -OCH3 is 2. The molecule has 2 N–H and O–H groups in total. The van der Waals surface area contributed by atoms with E-state index in [1.54, 1.807) is 14.2 Å². The highest BCUT2D eigenvalue weighted by Crippen LogP contribution is 1.98. The van der Waals surface area contributed by atoms with Crippen LogP contribution in [0.1, 0.15) is 12.5 Å². The lowest BCUT2D eigenvalue weighted by atomic mass is 10.2. The standard InChI is InChI=1S/C14H22N2O3/c1-11(14(18-2)19-3)15-10-13(17)16-9-12-7-5-4-6-8-12/h4-8,11,14-15H,9-10H2,1-3H3,(H,16,17). The minimum Gasteiger partial charge on any atom is -0.354 e. The number of benzene rings is 1. The summed E-state index contributed by atoms with van der Waals surface area (Å²) in [7, 11) is 3.14. The molecule has 0 aliphatic heterocycles. The average molecular weight is 266 g/mol. The Balaban J connectivity index is 2.24. The third-order valence-corrected chi connectivity index (χ3v) is 2.79. The second-order valence-corrected chi connectivity index (χ2v) is 4.27. The minimum absolute atomic E-state index is 0.0540. The Hall–Kier alpha value is -1.43. The summed E-state index contributed by atoms with van der Waals surface area (Å²) in [5.74, 6) is -0.0540. The summed E-state index contributed by atoms with van der Waals surface area (Å²) in [6.07, 6.45) is -0.359. The molecule has 1 rings (SSSR count). The molecule has 19 heavy (non-hydrogen) atoms. The van der Waals surface area contributed by atoms with Crippen LogP contribution in [0.4, 0.5) is 0 Å². The highest BCUT2D eigenvalue weighted by atomic mass is 16.7. The van der Waals surface area contributed by atoms with Gasteiger partial charge in [-0.2, -0.15) is 0 Å². The summed E-state index contributed by atoms with van der Waals surface area (Å²) in [5.41, 5.74) is 1.08. The third kappa shape index (κ3) is 5.83. The molecule has 1 aromatic rings. The molecule has 0 fully saturated rings. The molecule has 1 unspecified atom stereocenters. The first kappa shape index (κ1) is 15.6. The van der Waals surface area contributed by atoms with Crippen molar-refractivity contribution in [2.45, 2.75) is 25.8 Å². The van der Waals surface area contributed by atoms with E-state index in [0.29, 0.717) is 6.54 Å². The Labute approximate surface area is 114 Å². The topological polar surface area (TPSA) is 59.6 Å². The Morgan fingerprint density at radius 2 is 1.84 bits per heavy atom. The minimum atomic E-state index is -0.359. The van der Waals surface area contributed by atoms with Gasteiger partial charge in [0.05, 0.1) is 12.6 Å². The van der Waals surface area contributed by atoms with E-state index < -0.39 is 0 Å². The molecule has 0 bridgehead atoms. The van der Waals surface area contributed by atoms with Gasteiger partial charge in [0.2, 0.25) is 5.91 Å². The SMILES string of the molecule is COC(OC)C(C)NCC(=O)NCc1ccccc1. The van der Waals surface area contributed by atoms with Gasteiger partial charge in [0.1, 0.15) is 0 Å². The summed E-state index contributed by atoms with van der Waals surface area (Å²) in [6, 6.07) is 9.74. The number of rotatable bonds is 8. The number of hydrogen-bond donors (Lipinski definition) is 2. The number of nitrogens with one attached hydrogen (secondary N) is 2. The van der Waals surface area contributed by atoms with Gasteiger partial charge in [-0.3, -0.25) is 4.79 Å². The van der Waals surface area contributed by atoms with Crippen molar-refractivity contribution in [3.8, 4) is 0 Å². The van der Waals surface area contributed by atoms with Crippen molar-refractivity contribution in [1.29, 1.82) is 0 Å². The van der Waals surface area contributed by atoms with E-state index in [-0.39, 0.29) is 24.8 Å². The Morgan fingerprint density at radius 3 is 2.42 bits per heavy atom. The second kappa shape index (κ2) is 8.63. The molecule has 1 atom stereocenters. The number of carbonyl (C=O) groups is 1. The molecule has 106 valence electrons. The highest BCUT2D eigenvalue weighted by molar-refractivity contribution is 5.78. The molecule has 0 aliphatic carbocycles. The molecule has 0 spiro atoms. The van der Waals surface area contributed by atoms with Crippen LogP contribution in [0.3, 0.4) is 0 Å². The van der Waals surface area contributed by atoms with Crippen LogP contribution < -0.4 is 10.6 Å². The molecule has 0 aromatic heterocycles. The summed E-state index contributed by atoms with van der Waals surface area (Å²) < 4.78 is 10.2. The van der Waals surface area contributed by atoms with Gasteiger partial charge in [-0.05, 0) is 12.5 Å². The summed E-state index contributed by atoms with van der Waals surface area (Å²) in [5, 5.41) is 5.90. The van der Waals surface area contributed by atoms with Crippen LogP contribution in [-0.4, -0.2) is 39.0 Å². The zero-order chi connectivity index (χ0) is 14.1. The summed E-state index contributed by atoms with van der Waals surface area (Å²) in [4.78, 5) is 11.7. The van der Waals surface area contributed by atoms with Crippen molar-refractivity contribution in [3.63, 3.8) is 0 Å². The van der Waals surface area contributed by atoms with Gasteiger partial charge < -0.3 is 20.1 Å². The number of hydrogen-bond acceptors (Lipinski definition) is 4. The smallest absolute Gasteiger partial charge is 0.234 e. The van der Waals surface area contributed by atoms with Crippen LogP contribution in [0.5, 0.6) is 0 Å². The average Bonchev–Trinajstić information content (AvgIpc) is 2.45. The molecule has 5 heteroatoms. The van der Waals surface area contributed by atoms with Crippen LogP contribution in [0, 0.1) is 0 Å². The lowest BCUT2D eigenvalue weighted by molar-refractivity contribution is -0.126. The van der Waals surface area contributed by atoms with E-state index in [0.717, 1.165) is 5.56 Å². The van der Waals surface area contributed by atoms with Crippen LogP contribution in [-0.2, 0) is 20.8 Å². The Bertz CT molecular complexity index is 366. The second-order valence-electron chi connectivity index (χ2n) is 4.27. The van der Waals surface area contributed by atoms with Crippen molar-refractivity contribution < 1.29 is 14.3 Å². The zero-order valence-corrected chi connectivity index (χ0v) is 11.7. The van der Waals surface area contributed by atoms with E-state index >= 15 is 0 Å². The first-order chi connectivity index (χ1) is 9.17. The van der Waals surface area contributed by atoms with Crippen molar-refractivity contribution in [3.05, 3.63) is 35.9 Å². The maximum atomic E-state index is 11.7. The molecule has 1 aromatic carbocycles. The normalized spacial score (nSPS) is 12.4. The number of ether oxygens (including phenoxy) is 2. The van der Waals surface area contributed by atoms with Crippen LogP contribution in [0.25, 0.3) is 0 Å². The fourth-order valence-corrected chi connectivity index (χ4v) is 1.71. The maximum absolute atomic E-state index is 11.7. The lowest BCUT2D eigenvalue weighted by Crippen LogP contribution is -2.44. The van der Waals surface area contributed by atoms with Crippen LogP contribution in [0.2, 0.25) is 0 Å². The van der Waals surface area contributed by atoms with Crippen LogP contribution >= 0.6 is 0 Å². The molecule has 0 aliphatic rings. The van der Waals surface area contributed by atoms with Crippen molar-refractivity contribution in [2.75, 3.05) is 20.8 Å². The maximum Gasteiger partial charge on any atom is 0.234 e. The molecule has 5 nitrogen and oxygen atoms in total. The molecule has 0 heterocycles. The van der Waals surface area contributed by atoms with Gasteiger partial charge in [0.15, 0.2) is 6.29 Å². The van der Waals surface area contributed by atoms with Gasteiger partial charge in [-0.15, -0.1) is 0 Å². The fraction of sp³-hybridized carbons (Fsp3) is 0.500. The molecule has 1 amide bonds. The molecular weight excluding hydrogens is 244 g/mol. The van der Waals surface area contributed by atoms with Gasteiger partial charge >= 0.3 is 0 Å². The highest BCUT2D eigenvalue weighted by Gasteiger charge is 2.15. The predicted octanol–water partition coefficient (Wildman–Crippen LogP) is 0.900. The largest absolute Gasteiger partial charge is 0.354 e. The number of amides is 1. The van der Waals surface area contributed by atoms with Crippen LogP contribution in [0.15, 0.2) is 30.3 Å². The molecule has 0 saturated heterocycles. The quantitative estimate of drug-likeness (QED) is 0.686. The van der Waals surface area contributed by atoms with Gasteiger partial charge in [0, 0.05) is 20.8 Å². The fourth-order valence-electron chi connectivity index (χ4n) is 1.71. The van der Waals surface area contributed by atoms with Gasteiger partial charge in [0.25, 0.3) is 0 Å². The lowest BCUT2D eigenvalue weighted by Gasteiger charge is -2.21. The van der Waals surface area contributed by atoms with Crippen molar-refractivity contribution >= 4 is 5.91 Å². The van der Waals surface area contributed by atoms with E-state index in [1.165, 1.54) is 0 Å².